The van der Waals surface area contributed by atoms with E-state index in [9.17, 15) is 9.90 Å². The third-order valence-electron chi connectivity index (χ3n) is 3.38. The predicted molar refractivity (Wildman–Crippen MR) is 85.6 cm³/mol. The highest BCUT2D eigenvalue weighted by Crippen LogP contribution is 2.38. The van der Waals surface area contributed by atoms with Crippen LogP contribution in [0.1, 0.15) is 50.6 Å². The van der Waals surface area contributed by atoms with E-state index in [0.29, 0.717) is 18.1 Å². The van der Waals surface area contributed by atoms with Crippen molar-refractivity contribution in [2.75, 3.05) is 13.7 Å². The summed E-state index contributed by atoms with van der Waals surface area (Å²) in [5.41, 5.74) is 4.62. The topological polar surface area (TPSA) is 86.2 Å². The maximum atomic E-state index is 10.7. The van der Waals surface area contributed by atoms with E-state index in [0.717, 1.165) is 22.9 Å². The number of ether oxygens (including phenoxy) is 2. The molecule has 22 heavy (non-hydrogen) atoms. The van der Waals surface area contributed by atoms with Crippen LogP contribution in [0, 0.1) is 0 Å². The van der Waals surface area contributed by atoms with Crippen molar-refractivity contribution in [1.82, 2.24) is 0 Å². The van der Waals surface area contributed by atoms with Crippen molar-refractivity contribution in [2.45, 2.75) is 45.1 Å². The third kappa shape index (κ3) is 5.85. The van der Waals surface area contributed by atoms with Crippen LogP contribution in [-0.4, -0.2) is 19.7 Å². The molecule has 0 unspecified atom stereocenters. The van der Waals surface area contributed by atoms with Gasteiger partial charge in [0.1, 0.15) is 6.04 Å². The van der Waals surface area contributed by atoms with E-state index in [4.69, 9.17) is 9.47 Å². The van der Waals surface area contributed by atoms with Gasteiger partial charge in [0.15, 0.2) is 11.5 Å². The first-order valence-corrected chi connectivity index (χ1v) is 8.32. The Morgan fingerprint density at radius 2 is 2.09 bits per heavy atom. The first-order chi connectivity index (χ1) is 10.5. The Morgan fingerprint density at radius 1 is 1.36 bits per heavy atom. The summed E-state index contributed by atoms with van der Waals surface area (Å²) < 4.78 is 11.9. The largest absolute Gasteiger partial charge is 0.550 e. The second-order valence-corrected chi connectivity index (χ2v) is 6.07. The number of rotatable bonds is 10. The number of quaternary nitrogens is 1. The molecule has 0 aliphatic carbocycles. The van der Waals surface area contributed by atoms with E-state index in [1.165, 1.54) is 12.8 Å². The van der Waals surface area contributed by atoms with Crippen molar-refractivity contribution in [3.63, 3.8) is 0 Å². The molecule has 1 aromatic carbocycles. The molecule has 0 fully saturated rings. The van der Waals surface area contributed by atoms with Crippen molar-refractivity contribution in [2.24, 2.45) is 0 Å². The molecular weight excluding hydrogens is 350 g/mol. The lowest BCUT2D eigenvalue weighted by Crippen LogP contribution is -2.55. The molecule has 5 nitrogen and oxygen atoms in total. The number of benzene rings is 1. The molecular formula is C16H24BrNO4. The van der Waals surface area contributed by atoms with Gasteiger partial charge in [0.25, 0.3) is 0 Å². The van der Waals surface area contributed by atoms with Gasteiger partial charge in [-0.1, -0.05) is 26.2 Å². The number of carboxylic acid groups (broad SMARTS) is 1. The van der Waals surface area contributed by atoms with Crippen LogP contribution < -0.4 is 20.3 Å². The summed E-state index contributed by atoms with van der Waals surface area (Å²) in [5, 5.41) is 10.7. The van der Waals surface area contributed by atoms with E-state index in [2.05, 4.69) is 28.6 Å². The van der Waals surface area contributed by atoms with Crippen LogP contribution in [0.15, 0.2) is 16.6 Å². The number of hydrogen-bond donors (Lipinski definition) is 1. The molecule has 0 saturated heterocycles. The van der Waals surface area contributed by atoms with Crippen molar-refractivity contribution < 1.29 is 25.1 Å². The Hall–Kier alpha value is -1.27. The fourth-order valence-corrected chi connectivity index (χ4v) is 2.71. The van der Waals surface area contributed by atoms with Gasteiger partial charge in [-0.15, -0.1) is 0 Å². The summed E-state index contributed by atoms with van der Waals surface area (Å²) in [4.78, 5) is 10.7. The van der Waals surface area contributed by atoms with Crippen LogP contribution in [0.2, 0.25) is 0 Å². The van der Waals surface area contributed by atoms with E-state index in [1.807, 2.05) is 6.07 Å². The zero-order chi connectivity index (χ0) is 16.5. The summed E-state index contributed by atoms with van der Waals surface area (Å²) in [6.07, 6.45) is 4.39. The van der Waals surface area contributed by atoms with Crippen molar-refractivity contribution >= 4 is 21.9 Å². The Labute approximate surface area is 139 Å². The number of hydrogen-bond acceptors (Lipinski definition) is 4. The number of unbranched alkanes of at least 4 members (excludes halogenated alkanes) is 3. The summed E-state index contributed by atoms with van der Waals surface area (Å²) in [6, 6.07) is 3.20. The predicted octanol–water partition coefficient (Wildman–Crippen LogP) is 1.84. The molecule has 0 aliphatic heterocycles. The Morgan fingerprint density at radius 3 is 2.68 bits per heavy atom. The Kier molecular flexibility index (Phi) is 8.27. The lowest BCUT2D eigenvalue weighted by molar-refractivity contribution is -0.430. The maximum Gasteiger partial charge on any atom is 0.175 e. The number of carbonyl (C=O) groups excluding carboxylic acids is 1. The monoisotopic (exact) mass is 373 g/mol. The minimum Gasteiger partial charge on any atom is -0.550 e. The quantitative estimate of drug-likeness (QED) is 0.633. The van der Waals surface area contributed by atoms with Crippen LogP contribution >= 0.6 is 15.9 Å². The van der Waals surface area contributed by atoms with Crippen LogP contribution in [0.5, 0.6) is 11.5 Å². The molecule has 0 aliphatic rings. The molecule has 124 valence electrons. The van der Waals surface area contributed by atoms with Gasteiger partial charge in [-0.3, -0.25) is 0 Å². The van der Waals surface area contributed by atoms with E-state index >= 15 is 0 Å². The molecule has 0 aromatic heterocycles. The molecule has 0 spiro atoms. The Bertz CT molecular complexity index is 493. The molecule has 3 N–H and O–H groups in total. The molecule has 0 bridgehead atoms. The highest BCUT2D eigenvalue weighted by molar-refractivity contribution is 9.10. The second kappa shape index (κ2) is 9.69. The molecule has 6 heteroatoms. The number of halogens is 1. The highest BCUT2D eigenvalue weighted by atomic mass is 79.9. The molecule has 1 atom stereocenters. The van der Waals surface area contributed by atoms with Gasteiger partial charge in [-0.2, -0.15) is 0 Å². The zero-order valence-corrected chi connectivity index (χ0v) is 14.8. The summed E-state index contributed by atoms with van der Waals surface area (Å²) in [6.45, 7) is 2.79. The molecule has 0 amide bonds. The van der Waals surface area contributed by atoms with Gasteiger partial charge >= 0.3 is 0 Å². The van der Waals surface area contributed by atoms with Gasteiger partial charge < -0.3 is 25.1 Å². The minimum atomic E-state index is -1.12. The van der Waals surface area contributed by atoms with Gasteiger partial charge in [-0.25, -0.2) is 0 Å². The van der Waals surface area contributed by atoms with Crippen molar-refractivity contribution in [3.05, 3.63) is 22.2 Å². The van der Waals surface area contributed by atoms with E-state index in [1.54, 1.807) is 13.2 Å². The van der Waals surface area contributed by atoms with Crippen LogP contribution in [0.3, 0.4) is 0 Å². The van der Waals surface area contributed by atoms with Crippen LogP contribution in [0.25, 0.3) is 0 Å². The van der Waals surface area contributed by atoms with E-state index in [-0.39, 0.29) is 6.42 Å². The minimum absolute atomic E-state index is 0.132. The first kappa shape index (κ1) is 18.8. The zero-order valence-electron chi connectivity index (χ0n) is 13.2. The van der Waals surface area contributed by atoms with Crippen molar-refractivity contribution in [3.8, 4) is 11.5 Å². The molecule has 0 heterocycles. The normalized spacial score (nSPS) is 12.0. The molecule has 0 radical (unpaired) electrons. The number of carbonyl (C=O) groups is 1. The SMILES string of the molecule is CCCCCCOc1c(Br)cc([C@@H]([NH3+])CC(=O)[O-])cc1OC. The fourth-order valence-electron chi connectivity index (χ4n) is 2.14. The van der Waals surface area contributed by atoms with Gasteiger partial charge in [0, 0.05) is 18.0 Å². The highest BCUT2D eigenvalue weighted by Gasteiger charge is 2.17. The lowest BCUT2D eigenvalue weighted by atomic mass is 10.0. The molecule has 1 rings (SSSR count). The second-order valence-electron chi connectivity index (χ2n) is 5.22. The Balaban J connectivity index is 2.79. The van der Waals surface area contributed by atoms with Crippen LogP contribution in [-0.2, 0) is 4.79 Å². The lowest BCUT2D eigenvalue weighted by Gasteiger charge is -2.16. The van der Waals surface area contributed by atoms with Crippen molar-refractivity contribution in [1.29, 1.82) is 0 Å². The summed E-state index contributed by atoms with van der Waals surface area (Å²) in [5.74, 6) is 0.0987. The van der Waals surface area contributed by atoms with Gasteiger partial charge in [-0.05, 0) is 34.5 Å². The van der Waals surface area contributed by atoms with E-state index < -0.39 is 12.0 Å². The average Bonchev–Trinajstić information content (AvgIpc) is 2.47. The number of methoxy groups -OCH3 is 1. The summed E-state index contributed by atoms with van der Waals surface area (Å²) >= 11 is 3.46. The number of aliphatic carboxylic acids is 1. The standard InChI is InChI=1S/C16H24BrNO4/c1-3-4-5-6-7-22-16-12(17)8-11(9-14(16)21-2)13(18)10-15(19)20/h8-9,13H,3-7,10,18H2,1-2H3,(H,19,20)/t13-/m0/s1. The summed E-state index contributed by atoms with van der Waals surface area (Å²) in [7, 11) is 1.56. The smallest absolute Gasteiger partial charge is 0.175 e. The average molecular weight is 374 g/mol. The molecule has 1 aromatic rings. The number of carboxylic acids is 1. The van der Waals surface area contributed by atoms with Gasteiger partial charge in [0.05, 0.1) is 18.2 Å². The third-order valence-corrected chi connectivity index (χ3v) is 3.97. The first-order valence-electron chi connectivity index (χ1n) is 7.52. The molecule has 0 saturated carbocycles. The van der Waals surface area contributed by atoms with Gasteiger partial charge in [0.2, 0.25) is 0 Å². The van der Waals surface area contributed by atoms with Crippen LogP contribution in [0.4, 0.5) is 0 Å². The fraction of sp³-hybridized carbons (Fsp3) is 0.562. The maximum absolute atomic E-state index is 10.7.